The Balaban J connectivity index is 2.19. The van der Waals surface area contributed by atoms with Gasteiger partial charge in [-0.25, -0.2) is 4.98 Å². The molecule has 0 aliphatic rings. The van der Waals surface area contributed by atoms with Gasteiger partial charge in [0.25, 0.3) is 0 Å². The fourth-order valence-corrected chi connectivity index (χ4v) is 3.14. The Morgan fingerprint density at radius 3 is 2.80 bits per heavy atom. The number of carbonyl (C=O) groups excluding carboxylic acids is 1. The molecule has 0 bridgehead atoms. The number of hydrogen-bond acceptors (Lipinski definition) is 5. The number of fused-ring (bicyclic) bond motifs is 1. The van der Waals surface area contributed by atoms with E-state index >= 15 is 0 Å². The largest absolute Gasteiger partial charge is 0.468 e. The van der Waals surface area contributed by atoms with Crippen LogP contribution in [0.3, 0.4) is 0 Å². The molecule has 0 spiro atoms. The number of carbonyl (C=O) groups is 1. The molecule has 1 atom stereocenters. The van der Waals surface area contributed by atoms with E-state index in [-0.39, 0.29) is 17.9 Å². The molecule has 0 saturated heterocycles. The van der Waals surface area contributed by atoms with E-state index in [1.165, 1.54) is 12.0 Å². The zero-order chi connectivity index (χ0) is 14.9. The lowest BCUT2D eigenvalue weighted by Gasteiger charge is -2.19. The number of esters is 1. The number of imidazole rings is 1. The molecule has 2 rings (SSSR count). The maximum absolute atomic E-state index is 11.8. The van der Waals surface area contributed by atoms with Crippen LogP contribution in [0.15, 0.2) is 6.20 Å². The number of nitrogens with one attached hydrogen (secondary N) is 1. The number of hydrogen-bond donors (Lipinski definition) is 1. The third kappa shape index (κ3) is 2.86. The highest BCUT2D eigenvalue weighted by Crippen LogP contribution is 2.20. The summed E-state index contributed by atoms with van der Waals surface area (Å²) in [5, 5.41) is 3.28. The molecule has 2 aromatic rings. The summed E-state index contributed by atoms with van der Waals surface area (Å²) in [5.41, 5.74) is 2.09. The minimum atomic E-state index is -0.301. The molecule has 2 aromatic heterocycles. The summed E-state index contributed by atoms with van der Waals surface area (Å²) in [6, 6.07) is -0.301. The number of methoxy groups -OCH3 is 1. The molecule has 0 unspecified atom stereocenters. The molecule has 20 heavy (non-hydrogen) atoms. The van der Waals surface area contributed by atoms with Crippen LogP contribution in [0.2, 0.25) is 0 Å². The van der Waals surface area contributed by atoms with Crippen molar-refractivity contribution in [1.29, 1.82) is 0 Å². The van der Waals surface area contributed by atoms with Crippen molar-refractivity contribution in [3.8, 4) is 0 Å². The fourth-order valence-electron chi connectivity index (χ4n) is 2.25. The van der Waals surface area contributed by atoms with Gasteiger partial charge >= 0.3 is 5.97 Å². The van der Waals surface area contributed by atoms with Crippen LogP contribution in [0.5, 0.6) is 0 Å². The van der Waals surface area contributed by atoms with Crippen molar-refractivity contribution in [1.82, 2.24) is 14.7 Å². The van der Waals surface area contributed by atoms with Crippen LogP contribution in [0.4, 0.5) is 0 Å². The Morgan fingerprint density at radius 2 is 2.20 bits per heavy atom. The topological polar surface area (TPSA) is 55.6 Å². The first-order valence-corrected chi connectivity index (χ1v) is 7.51. The molecule has 2 heterocycles. The van der Waals surface area contributed by atoms with Gasteiger partial charge in [-0.05, 0) is 19.8 Å². The monoisotopic (exact) mass is 295 g/mol. The average molecular weight is 295 g/mol. The maximum atomic E-state index is 11.8. The van der Waals surface area contributed by atoms with Crippen LogP contribution in [0.25, 0.3) is 4.96 Å². The van der Waals surface area contributed by atoms with Gasteiger partial charge in [0.1, 0.15) is 6.04 Å². The summed E-state index contributed by atoms with van der Waals surface area (Å²) in [7, 11) is 1.42. The quantitative estimate of drug-likeness (QED) is 0.860. The first kappa shape index (κ1) is 15.0. The molecule has 5 nitrogen and oxygen atoms in total. The lowest BCUT2D eigenvalue weighted by Crippen LogP contribution is -2.41. The minimum absolute atomic E-state index is 0.176. The van der Waals surface area contributed by atoms with Crippen molar-refractivity contribution >= 4 is 22.3 Å². The fraction of sp³-hybridized carbons (Fsp3) is 0.571. The molecular weight excluding hydrogens is 274 g/mol. The van der Waals surface area contributed by atoms with Crippen LogP contribution in [-0.4, -0.2) is 28.5 Å². The van der Waals surface area contributed by atoms with E-state index in [0.717, 1.165) is 16.3 Å². The number of rotatable bonds is 5. The standard InChI is InChI=1S/C14H21N3O2S/c1-8(2)12(13(18)19-5)15-6-11-10(4)16-14-17(11)7-9(3)20-14/h7-8,12,15H,6H2,1-5H3/t12-/m0/s1. The third-order valence-corrected chi connectivity index (χ3v) is 4.25. The van der Waals surface area contributed by atoms with Gasteiger partial charge in [-0.1, -0.05) is 13.8 Å². The van der Waals surface area contributed by atoms with E-state index in [2.05, 4.69) is 27.8 Å². The molecule has 0 aromatic carbocycles. The zero-order valence-electron chi connectivity index (χ0n) is 12.6. The molecule has 0 saturated carbocycles. The van der Waals surface area contributed by atoms with Crippen molar-refractivity contribution in [2.75, 3.05) is 7.11 Å². The summed E-state index contributed by atoms with van der Waals surface area (Å²) in [6.07, 6.45) is 2.08. The van der Waals surface area contributed by atoms with Gasteiger partial charge in [-0.15, -0.1) is 11.3 Å². The molecule has 0 amide bonds. The number of aryl methyl sites for hydroxylation is 2. The number of ether oxygens (including phenoxy) is 1. The number of thiazole rings is 1. The first-order chi connectivity index (χ1) is 9.43. The predicted molar refractivity (Wildman–Crippen MR) is 80.0 cm³/mol. The Bertz CT molecular complexity index is 615. The maximum Gasteiger partial charge on any atom is 0.323 e. The highest BCUT2D eigenvalue weighted by molar-refractivity contribution is 7.17. The summed E-state index contributed by atoms with van der Waals surface area (Å²) >= 11 is 1.67. The summed E-state index contributed by atoms with van der Waals surface area (Å²) < 4.78 is 6.94. The molecule has 0 fully saturated rings. The summed E-state index contributed by atoms with van der Waals surface area (Å²) in [5.74, 6) is -0.0460. The van der Waals surface area contributed by atoms with Crippen molar-refractivity contribution < 1.29 is 9.53 Å². The van der Waals surface area contributed by atoms with Crippen LogP contribution in [0, 0.1) is 19.8 Å². The minimum Gasteiger partial charge on any atom is -0.468 e. The van der Waals surface area contributed by atoms with E-state index in [1.807, 2.05) is 20.8 Å². The normalized spacial score (nSPS) is 13.1. The average Bonchev–Trinajstić information content (AvgIpc) is 2.85. The van der Waals surface area contributed by atoms with Crippen LogP contribution in [-0.2, 0) is 16.1 Å². The number of nitrogens with zero attached hydrogens (tertiary/aromatic N) is 2. The highest BCUT2D eigenvalue weighted by Gasteiger charge is 2.23. The molecule has 6 heteroatoms. The third-order valence-electron chi connectivity index (χ3n) is 3.35. The Hall–Kier alpha value is -1.40. The summed E-state index contributed by atoms with van der Waals surface area (Å²) in [4.78, 5) is 18.5. The van der Waals surface area contributed by atoms with Gasteiger partial charge in [0.05, 0.1) is 18.5 Å². The SMILES string of the molecule is COC(=O)[C@@H](NCc1c(C)nc2sc(C)cn12)C(C)C. The highest BCUT2D eigenvalue weighted by atomic mass is 32.1. The molecular formula is C14H21N3O2S. The summed E-state index contributed by atoms with van der Waals surface area (Å²) in [6.45, 7) is 8.66. The van der Waals surface area contributed by atoms with E-state index in [4.69, 9.17) is 4.74 Å². The second-order valence-corrected chi connectivity index (χ2v) is 6.48. The van der Waals surface area contributed by atoms with Crippen LogP contribution < -0.4 is 5.32 Å². The van der Waals surface area contributed by atoms with E-state index in [1.54, 1.807) is 11.3 Å². The second kappa shape index (κ2) is 5.93. The molecule has 0 aliphatic carbocycles. The zero-order valence-corrected chi connectivity index (χ0v) is 13.4. The second-order valence-electron chi connectivity index (χ2n) is 5.26. The molecule has 110 valence electrons. The van der Waals surface area contributed by atoms with Gasteiger partial charge in [0.15, 0.2) is 4.96 Å². The van der Waals surface area contributed by atoms with E-state index in [0.29, 0.717) is 6.54 Å². The van der Waals surface area contributed by atoms with Gasteiger partial charge in [-0.2, -0.15) is 0 Å². The lowest BCUT2D eigenvalue weighted by atomic mass is 10.0. The lowest BCUT2D eigenvalue weighted by molar-refractivity contribution is -0.144. The Kier molecular flexibility index (Phi) is 4.45. The Morgan fingerprint density at radius 1 is 1.50 bits per heavy atom. The first-order valence-electron chi connectivity index (χ1n) is 6.69. The van der Waals surface area contributed by atoms with E-state index < -0.39 is 0 Å². The molecule has 0 aliphatic heterocycles. The van der Waals surface area contributed by atoms with Gasteiger partial charge < -0.3 is 4.74 Å². The predicted octanol–water partition coefficient (Wildman–Crippen LogP) is 2.30. The molecule has 0 radical (unpaired) electrons. The Labute approximate surface area is 123 Å². The molecule has 1 N–H and O–H groups in total. The van der Waals surface area contributed by atoms with Gasteiger partial charge in [0.2, 0.25) is 0 Å². The van der Waals surface area contributed by atoms with Crippen molar-refractivity contribution in [2.24, 2.45) is 5.92 Å². The van der Waals surface area contributed by atoms with Gasteiger partial charge in [0, 0.05) is 17.6 Å². The van der Waals surface area contributed by atoms with Gasteiger partial charge in [-0.3, -0.25) is 14.5 Å². The smallest absolute Gasteiger partial charge is 0.323 e. The van der Waals surface area contributed by atoms with Crippen molar-refractivity contribution in [3.63, 3.8) is 0 Å². The number of aromatic nitrogens is 2. The van der Waals surface area contributed by atoms with Crippen molar-refractivity contribution in [2.45, 2.75) is 40.3 Å². The van der Waals surface area contributed by atoms with Crippen LogP contribution >= 0.6 is 11.3 Å². The van der Waals surface area contributed by atoms with E-state index in [9.17, 15) is 4.79 Å². The van der Waals surface area contributed by atoms with Crippen molar-refractivity contribution in [3.05, 3.63) is 22.5 Å². The van der Waals surface area contributed by atoms with Crippen LogP contribution in [0.1, 0.15) is 30.1 Å².